The van der Waals surface area contributed by atoms with E-state index in [1.165, 1.54) is 14.2 Å². The first kappa shape index (κ1) is 25.5. The lowest BCUT2D eigenvalue weighted by Gasteiger charge is -2.23. The highest BCUT2D eigenvalue weighted by atomic mass is 32.2. The molecule has 0 saturated heterocycles. The minimum Gasteiger partial charge on any atom is -0.493 e. The highest BCUT2D eigenvalue weighted by Crippen LogP contribution is 2.32. The number of esters is 1. The van der Waals surface area contributed by atoms with Crippen molar-refractivity contribution in [1.29, 1.82) is 0 Å². The SMILES string of the molecule is CCOC(=O)CCN(Cc1ccc(OC)c(OC)c1)S(=O)(=O)c1cccc(C(F)(F)F)c1. The lowest BCUT2D eigenvalue weighted by atomic mass is 10.2. The van der Waals surface area contributed by atoms with Crippen LogP contribution in [0.4, 0.5) is 13.2 Å². The minimum atomic E-state index is -4.70. The van der Waals surface area contributed by atoms with Gasteiger partial charge < -0.3 is 14.2 Å². The van der Waals surface area contributed by atoms with E-state index >= 15 is 0 Å². The van der Waals surface area contributed by atoms with Gasteiger partial charge in [0.05, 0.1) is 37.7 Å². The lowest BCUT2D eigenvalue weighted by molar-refractivity contribution is -0.143. The molecule has 0 aliphatic rings. The summed E-state index contributed by atoms with van der Waals surface area (Å²) in [5.74, 6) is 0.158. The summed E-state index contributed by atoms with van der Waals surface area (Å²) in [7, 11) is -1.51. The van der Waals surface area contributed by atoms with Crippen molar-refractivity contribution in [2.75, 3.05) is 27.4 Å². The molecule has 0 amide bonds. The predicted octanol–water partition coefficient (Wildman–Crippen LogP) is 3.87. The molecule has 2 rings (SSSR count). The molecule has 0 unspecified atom stereocenters. The van der Waals surface area contributed by atoms with Crippen LogP contribution in [0.3, 0.4) is 0 Å². The van der Waals surface area contributed by atoms with E-state index in [2.05, 4.69) is 0 Å². The Bertz CT molecular complexity index is 1040. The molecule has 0 aliphatic heterocycles. The van der Waals surface area contributed by atoms with E-state index in [1.807, 2.05) is 0 Å². The zero-order valence-corrected chi connectivity index (χ0v) is 18.6. The average molecular weight is 475 g/mol. The Morgan fingerprint density at radius 2 is 1.72 bits per heavy atom. The maximum Gasteiger partial charge on any atom is 0.416 e. The highest BCUT2D eigenvalue weighted by molar-refractivity contribution is 7.89. The fourth-order valence-electron chi connectivity index (χ4n) is 2.90. The molecule has 2 aromatic carbocycles. The summed E-state index contributed by atoms with van der Waals surface area (Å²) in [6, 6.07) is 8.19. The number of carbonyl (C=O) groups excluding carboxylic acids is 1. The minimum absolute atomic E-state index is 0.120. The summed E-state index contributed by atoms with van der Waals surface area (Å²) in [6.07, 6.45) is -4.97. The summed E-state index contributed by atoms with van der Waals surface area (Å²) in [5, 5.41) is 0. The molecule has 0 bridgehead atoms. The summed E-state index contributed by atoms with van der Waals surface area (Å²) in [6.45, 7) is 1.23. The van der Waals surface area contributed by atoms with E-state index < -0.39 is 32.6 Å². The Morgan fingerprint density at radius 1 is 1.03 bits per heavy atom. The molecule has 0 heterocycles. The molecule has 176 valence electrons. The molecule has 0 atom stereocenters. The van der Waals surface area contributed by atoms with Gasteiger partial charge in [-0.1, -0.05) is 12.1 Å². The van der Waals surface area contributed by atoms with Crippen LogP contribution in [-0.2, 0) is 32.3 Å². The number of sulfonamides is 1. The van der Waals surface area contributed by atoms with Gasteiger partial charge in [0.15, 0.2) is 11.5 Å². The lowest BCUT2D eigenvalue weighted by Crippen LogP contribution is -2.33. The fraction of sp³-hybridized carbons (Fsp3) is 0.381. The van der Waals surface area contributed by atoms with Gasteiger partial charge >= 0.3 is 12.1 Å². The van der Waals surface area contributed by atoms with Gasteiger partial charge in [0.2, 0.25) is 10.0 Å². The van der Waals surface area contributed by atoms with Crippen LogP contribution in [0.2, 0.25) is 0 Å². The third-order valence-corrected chi connectivity index (χ3v) is 6.32. The predicted molar refractivity (Wildman–Crippen MR) is 110 cm³/mol. The monoisotopic (exact) mass is 475 g/mol. The Labute approximate surface area is 184 Å². The first-order valence-corrected chi connectivity index (χ1v) is 11.0. The van der Waals surface area contributed by atoms with Crippen molar-refractivity contribution in [3.63, 3.8) is 0 Å². The van der Waals surface area contributed by atoms with Crippen molar-refractivity contribution in [1.82, 2.24) is 4.31 Å². The Kier molecular flexibility index (Phi) is 8.51. The molecule has 0 spiro atoms. The van der Waals surface area contributed by atoms with Gasteiger partial charge in [-0.05, 0) is 42.8 Å². The summed E-state index contributed by atoms with van der Waals surface area (Å²) >= 11 is 0. The molecule has 0 aromatic heterocycles. The average Bonchev–Trinajstić information content (AvgIpc) is 2.76. The van der Waals surface area contributed by atoms with Gasteiger partial charge in [0.25, 0.3) is 0 Å². The van der Waals surface area contributed by atoms with E-state index in [-0.39, 0.29) is 26.1 Å². The van der Waals surface area contributed by atoms with Crippen LogP contribution in [0.1, 0.15) is 24.5 Å². The van der Waals surface area contributed by atoms with Crippen molar-refractivity contribution in [2.24, 2.45) is 0 Å². The van der Waals surface area contributed by atoms with Gasteiger partial charge in [-0.15, -0.1) is 0 Å². The molecule has 11 heteroatoms. The number of hydrogen-bond acceptors (Lipinski definition) is 6. The van der Waals surface area contributed by atoms with Crippen molar-refractivity contribution in [2.45, 2.75) is 31.0 Å². The largest absolute Gasteiger partial charge is 0.493 e. The first-order valence-electron chi connectivity index (χ1n) is 9.56. The van der Waals surface area contributed by atoms with E-state index in [0.29, 0.717) is 23.1 Å². The van der Waals surface area contributed by atoms with Gasteiger partial charge in [-0.25, -0.2) is 8.42 Å². The third-order valence-electron chi connectivity index (χ3n) is 4.48. The number of nitrogens with zero attached hydrogens (tertiary/aromatic N) is 1. The molecule has 0 saturated carbocycles. The molecule has 0 fully saturated rings. The van der Waals surface area contributed by atoms with Crippen LogP contribution in [0.25, 0.3) is 0 Å². The molecule has 0 radical (unpaired) electrons. The van der Waals surface area contributed by atoms with Gasteiger partial charge in [-0.3, -0.25) is 4.79 Å². The number of alkyl halides is 3. The van der Waals surface area contributed by atoms with Gasteiger partial charge in [0, 0.05) is 13.1 Å². The zero-order chi connectivity index (χ0) is 23.9. The topological polar surface area (TPSA) is 82.1 Å². The molecular weight excluding hydrogens is 451 g/mol. The van der Waals surface area contributed by atoms with Crippen molar-refractivity contribution in [3.8, 4) is 11.5 Å². The number of methoxy groups -OCH3 is 2. The highest BCUT2D eigenvalue weighted by Gasteiger charge is 2.33. The maximum atomic E-state index is 13.2. The third kappa shape index (κ3) is 6.36. The maximum absolute atomic E-state index is 13.2. The Balaban J connectivity index is 2.43. The smallest absolute Gasteiger partial charge is 0.416 e. The van der Waals surface area contributed by atoms with E-state index in [1.54, 1.807) is 25.1 Å². The quantitative estimate of drug-likeness (QED) is 0.486. The number of rotatable bonds is 10. The number of halogens is 3. The second-order valence-corrected chi connectivity index (χ2v) is 8.55. The second kappa shape index (κ2) is 10.7. The van der Waals surface area contributed by atoms with Crippen LogP contribution in [0.15, 0.2) is 47.4 Å². The summed E-state index contributed by atoms with van der Waals surface area (Å²) in [4.78, 5) is 11.3. The second-order valence-electron chi connectivity index (χ2n) is 6.61. The fourth-order valence-corrected chi connectivity index (χ4v) is 4.37. The number of benzene rings is 2. The van der Waals surface area contributed by atoms with Crippen LogP contribution in [0, 0.1) is 0 Å². The van der Waals surface area contributed by atoms with E-state index in [9.17, 15) is 26.4 Å². The summed E-state index contributed by atoms with van der Waals surface area (Å²) < 4.78 is 81.9. The summed E-state index contributed by atoms with van der Waals surface area (Å²) in [5.41, 5.74) is -0.600. The Morgan fingerprint density at radius 3 is 2.31 bits per heavy atom. The van der Waals surface area contributed by atoms with Crippen LogP contribution >= 0.6 is 0 Å². The van der Waals surface area contributed by atoms with Gasteiger partial charge in [-0.2, -0.15) is 17.5 Å². The molecule has 7 nitrogen and oxygen atoms in total. The van der Waals surface area contributed by atoms with Crippen LogP contribution in [0.5, 0.6) is 11.5 Å². The van der Waals surface area contributed by atoms with E-state index in [0.717, 1.165) is 22.5 Å². The van der Waals surface area contributed by atoms with Crippen LogP contribution in [-0.4, -0.2) is 46.1 Å². The van der Waals surface area contributed by atoms with Crippen LogP contribution < -0.4 is 9.47 Å². The number of hydrogen-bond donors (Lipinski definition) is 0. The first-order chi connectivity index (χ1) is 15.0. The molecule has 2 aromatic rings. The molecule has 0 aliphatic carbocycles. The number of ether oxygens (including phenoxy) is 3. The zero-order valence-electron chi connectivity index (χ0n) is 17.8. The molecule has 32 heavy (non-hydrogen) atoms. The van der Waals surface area contributed by atoms with E-state index in [4.69, 9.17) is 14.2 Å². The Hall–Kier alpha value is -2.79. The van der Waals surface area contributed by atoms with Crippen molar-refractivity contribution < 1.29 is 40.6 Å². The molecular formula is C21H24F3NO6S. The van der Waals surface area contributed by atoms with Crippen molar-refractivity contribution >= 4 is 16.0 Å². The number of carbonyl (C=O) groups is 1. The standard InChI is InChI=1S/C21H24F3NO6S/c1-4-31-20(26)10-11-25(14-15-8-9-18(29-2)19(12-15)30-3)32(27,28)17-7-5-6-16(13-17)21(22,23)24/h5-9,12-13H,4,10-11,14H2,1-3H3. The normalized spacial score (nSPS) is 12.0. The van der Waals surface area contributed by atoms with Gasteiger partial charge in [0.1, 0.15) is 0 Å². The molecule has 0 N–H and O–H groups in total. The van der Waals surface area contributed by atoms with Crippen molar-refractivity contribution in [3.05, 3.63) is 53.6 Å².